The van der Waals surface area contributed by atoms with Gasteiger partial charge in [-0.1, -0.05) is 72.8 Å². The standard InChI is InChI=1S/3C12H8N2.2ClH.2H2O.Ru/c3*1-3-9-5-6-10-4-2-8-14-12(10)11(9)13-7-1;;;;;/h3*1-8H;2*1H;2*1H2;/q;;;;;;;+2/p-2. The van der Waals surface area contributed by atoms with E-state index < -0.39 is 0 Å². The summed E-state index contributed by atoms with van der Waals surface area (Å²) in [6, 6.07) is 36.4. The van der Waals surface area contributed by atoms with Crippen molar-refractivity contribution >= 4 is 84.8 Å². The Morgan fingerprint density at radius 3 is 0.596 bits per heavy atom. The molecule has 0 fully saturated rings. The van der Waals surface area contributed by atoms with Gasteiger partial charge in [-0.3, -0.25) is 29.9 Å². The number of rotatable bonds is 0. The van der Waals surface area contributed by atoms with Gasteiger partial charge in [0.25, 0.3) is 0 Å². The van der Waals surface area contributed by atoms with Gasteiger partial charge in [-0.25, -0.2) is 0 Å². The molecule has 47 heavy (non-hydrogen) atoms. The van der Waals surface area contributed by atoms with Crippen molar-refractivity contribution in [1.82, 2.24) is 29.9 Å². The quantitative estimate of drug-likeness (QED) is 0.114. The Kier molecular flexibility index (Phi) is 12.9. The van der Waals surface area contributed by atoms with E-state index in [2.05, 4.69) is 103 Å². The van der Waals surface area contributed by atoms with E-state index in [-0.39, 0.29) is 26.1 Å². The molecule has 9 rings (SSSR count). The summed E-state index contributed by atoms with van der Waals surface area (Å²) in [4.78, 5) is 26.1. The summed E-state index contributed by atoms with van der Waals surface area (Å²) in [7, 11) is 9.71. The Balaban J connectivity index is 0.000000150. The van der Waals surface area contributed by atoms with Crippen molar-refractivity contribution in [3.63, 3.8) is 0 Å². The molecule has 0 radical (unpaired) electrons. The number of hydrogen-bond donors (Lipinski definition) is 0. The maximum Gasteiger partial charge on any atom is 0.0964 e. The van der Waals surface area contributed by atoms with Crippen LogP contribution in [0.3, 0.4) is 0 Å². The first-order chi connectivity index (χ1) is 22.3. The van der Waals surface area contributed by atoms with Gasteiger partial charge in [0, 0.05) is 69.5 Å². The summed E-state index contributed by atoms with van der Waals surface area (Å²) in [5.74, 6) is 0. The maximum absolute atomic E-state index is 4.85. The Morgan fingerprint density at radius 2 is 0.447 bits per heavy atom. The molecule has 3 aromatic carbocycles. The molecule has 0 unspecified atom stereocenters. The second-order valence-electron chi connectivity index (χ2n) is 9.70. The van der Waals surface area contributed by atoms with Crippen molar-refractivity contribution in [3.8, 4) is 0 Å². The van der Waals surface area contributed by atoms with Gasteiger partial charge in [0.1, 0.15) is 0 Å². The molecule has 0 atom stereocenters. The summed E-state index contributed by atoms with van der Waals surface area (Å²) in [6.07, 6.45) is 10.8. The van der Waals surface area contributed by atoms with E-state index >= 15 is 0 Å². The molecule has 0 aliphatic carbocycles. The number of hydrogen-bond acceptors (Lipinski definition) is 6. The molecule has 0 aliphatic heterocycles. The molecule has 11 heteroatoms. The second kappa shape index (κ2) is 17.2. The maximum atomic E-state index is 4.85. The number of pyridine rings is 6. The number of nitrogens with zero attached hydrogens (tertiary/aromatic N) is 6. The first-order valence-corrected chi connectivity index (χ1v) is 18.3. The van der Waals surface area contributed by atoms with Gasteiger partial charge in [-0.2, -0.15) is 0 Å². The number of halogens is 2. The topological polar surface area (TPSA) is 140 Å². The Bertz CT molecular complexity index is 1950. The average molecular weight is 749 g/mol. The van der Waals surface area contributed by atoms with Gasteiger partial charge >= 0.3 is 34.5 Å². The van der Waals surface area contributed by atoms with E-state index in [0.29, 0.717) is 0 Å². The zero-order valence-electron chi connectivity index (χ0n) is 24.6. The van der Waals surface area contributed by atoms with Crippen molar-refractivity contribution in [2.24, 2.45) is 0 Å². The van der Waals surface area contributed by atoms with Gasteiger partial charge in [-0.05, 0) is 36.4 Å². The summed E-state index contributed by atoms with van der Waals surface area (Å²) in [6.45, 7) is 0. The third-order valence-corrected chi connectivity index (χ3v) is 7.03. The summed E-state index contributed by atoms with van der Waals surface area (Å²) in [5, 5.41) is 6.83. The number of benzene rings is 3. The van der Waals surface area contributed by atoms with Crippen LogP contribution in [0.4, 0.5) is 0 Å². The molecule has 6 aromatic heterocycles. The van der Waals surface area contributed by atoms with Crippen LogP contribution in [0.15, 0.2) is 146 Å². The smallest absolute Gasteiger partial charge is 0.0964 e. The van der Waals surface area contributed by atoms with Crippen LogP contribution in [0.25, 0.3) is 65.4 Å². The molecule has 0 spiro atoms. The predicted octanol–water partition coefficient (Wildman–Crippen LogP) is 8.08. The molecular formula is C36H28Cl2N6O2Ru. The zero-order valence-corrected chi connectivity index (χ0v) is 27.9. The summed E-state index contributed by atoms with van der Waals surface area (Å²) in [5.41, 5.74) is 5.86. The van der Waals surface area contributed by atoms with Crippen molar-refractivity contribution in [3.05, 3.63) is 146 Å². The normalized spacial score (nSPS) is 10.2. The minimum Gasteiger partial charge on any atom is -0.254 e. The third-order valence-electron chi connectivity index (χ3n) is 7.03. The summed E-state index contributed by atoms with van der Waals surface area (Å²) < 4.78 is 0. The second-order valence-corrected chi connectivity index (χ2v) is 12.3. The van der Waals surface area contributed by atoms with Crippen molar-refractivity contribution in [2.45, 2.75) is 0 Å². The van der Waals surface area contributed by atoms with Crippen LogP contribution in [0, 0.1) is 0 Å². The fraction of sp³-hybridized carbons (Fsp3) is 0. The van der Waals surface area contributed by atoms with Crippen LogP contribution in [0.2, 0.25) is 0 Å². The zero-order chi connectivity index (χ0) is 30.8. The Morgan fingerprint density at radius 1 is 0.298 bits per heavy atom. The molecule has 0 saturated heterocycles. The van der Waals surface area contributed by atoms with E-state index in [1.165, 1.54) is 0 Å². The Hall–Kier alpha value is -4.76. The fourth-order valence-electron chi connectivity index (χ4n) is 5.04. The van der Waals surface area contributed by atoms with E-state index in [4.69, 9.17) is 19.4 Å². The summed E-state index contributed by atoms with van der Waals surface area (Å²) >= 11 is -0.346. The Labute approximate surface area is 285 Å². The molecule has 6 heterocycles. The van der Waals surface area contributed by atoms with Gasteiger partial charge in [0.15, 0.2) is 0 Å². The molecule has 0 bridgehead atoms. The minimum absolute atomic E-state index is 0. The molecular weight excluding hydrogens is 720 g/mol. The van der Waals surface area contributed by atoms with Crippen LogP contribution < -0.4 is 0 Å². The van der Waals surface area contributed by atoms with Gasteiger partial charge < -0.3 is 11.0 Å². The van der Waals surface area contributed by atoms with Crippen LogP contribution >= 0.6 is 19.4 Å². The first kappa shape index (κ1) is 35.1. The molecule has 236 valence electrons. The predicted molar refractivity (Wildman–Crippen MR) is 190 cm³/mol. The van der Waals surface area contributed by atoms with Crippen LogP contribution in [-0.2, 0) is 15.1 Å². The van der Waals surface area contributed by atoms with Gasteiger partial charge in [0.05, 0.1) is 33.1 Å². The van der Waals surface area contributed by atoms with Gasteiger partial charge in [-0.15, -0.1) is 0 Å². The fourth-order valence-corrected chi connectivity index (χ4v) is 5.04. The van der Waals surface area contributed by atoms with Crippen molar-refractivity contribution < 1.29 is 26.1 Å². The largest absolute Gasteiger partial charge is 0.254 e. The average Bonchev–Trinajstić information content (AvgIpc) is 3.12. The first-order valence-electron chi connectivity index (χ1n) is 13.9. The molecule has 9 aromatic rings. The van der Waals surface area contributed by atoms with E-state index in [0.717, 1.165) is 65.4 Å². The van der Waals surface area contributed by atoms with Crippen LogP contribution in [-0.4, -0.2) is 40.9 Å². The van der Waals surface area contributed by atoms with Crippen molar-refractivity contribution in [2.75, 3.05) is 0 Å². The molecule has 4 N–H and O–H groups in total. The molecule has 0 aliphatic rings. The van der Waals surface area contributed by atoms with Crippen LogP contribution in [0.5, 0.6) is 0 Å². The van der Waals surface area contributed by atoms with Gasteiger partial charge in [0.2, 0.25) is 0 Å². The number of fused-ring (bicyclic) bond motifs is 9. The minimum atomic E-state index is -0.346. The molecule has 0 amide bonds. The molecule has 8 nitrogen and oxygen atoms in total. The van der Waals surface area contributed by atoms with E-state index in [9.17, 15) is 0 Å². The van der Waals surface area contributed by atoms with Crippen LogP contribution in [0.1, 0.15) is 0 Å². The van der Waals surface area contributed by atoms with E-state index in [1.807, 2.05) is 36.4 Å². The van der Waals surface area contributed by atoms with E-state index in [1.54, 1.807) is 37.2 Å². The monoisotopic (exact) mass is 748 g/mol. The molecule has 0 saturated carbocycles. The number of aromatic nitrogens is 6. The SMILES string of the molecule is O.O.[Cl][Ru][Cl].c1cnc2c(c1)ccc1cccnc12.c1cnc2c(c1)ccc1cccnc12.c1cnc2c(c1)ccc1cccnc12. The van der Waals surface area contributed by atoms with Crippen molar-refractivity contribution in [1.29, 1.82) is 0 Å². The third kappa shape index (κ3) is 8.16.